The van der Waals surface area contributed by atoms with Crippen LogP contribution in [0.4, 0.5) is 43.9 Å². The summed E-state index contributed by atoms with van der Waals surface area (Å²) < 4.78 is 141. The molecule has 0 radical (unpaired) electrons. The van der Waals surface area contributed by atoms with Gasteiger partial charge in [-0.25, -0.2) is 8.78 Å². The largest absolute Gasteiger partial charge is 0.384 e. The quantitative estimate of drug-likeness (QED) is 0.286. The molecule has 0 saturated carbocycles. The van der Waals surface area contributed by atoms with Crippen molar-refractivity contribution in [3.63, 3.8) is 0 Å². The average Bonchev–Trinajstić information content (AvgIpc) is 2.60. The summed E-state index contributed by atoms with van der Waals surface area (Å²) in [6.07, 6.45) is -1.62. The number of hydrogen-bond donors (Lipinski definition) is 0. The molecule has 0 aromatic heterocycles. The Morgan fingerprint density at radius 2 is 1.31 bits per heavy atom. The molecule has 29 heavy (non-hydrogen) atoms. The van der Waals surface area contributed by atoms with Gasteiger partial charge >= 0.3 is 29.2 Å². The van der Waals surface area contributed by atoms with Crippen molar-refractivity contribution in [2.75, 3.05) is 0 Å². The van der Waals surface area contributed by atoms with E-state index in [0.29, 0.717) is 13.1 Å². The van der Waals surface area contributed by atoms with Gasteiger partial charge in [0.2, 0.25) is 0 Å². The predicted molar refractivity (Wildman–Crippen MR) is 93.3 cm³/mol. The SMILES string of the molecule is C=Cc1ccccc1[Si](C)(C)C(F)(F)C(F)(F)C(F)(F)C(F)(F)C(F)(F)CCC. The Morgan fingerprint density at radius 1 is 0.828 bits per heavy atom. The lowest BCUT2D eigenvalue weighted by Gasteiger charge is -2.44. The van der Waals surface area contributed by atoms with Gasteiger partial charge in [-0.1, -0.05) is 63.4 Å². The van der Waals surface area contributed by atoms with Gasteiger partial charge in [-0.15, -0.1) is 0 Å². The first kappa shape index (κ1) is 25.5. The van der Waals surface area contributed by atoms with Crippen LogP contribution in [0.3, 0.4) is 0 Å². The zero-order valence-corrected chi connectivity index (χ0v) is 16.8. The molecule has 0 unspecified atom stereocenters. The second-order valence-electron chi connectivity index (χ2n) is 7.17. The van der Waals surface area contributed by atoms with E-state index in [-0.39, 0.29) is 5.56 Å². The van der Waals surface area contributed by atoms with Gasteiger partial charge in [0.25, 0.3) is 0 Å². The second kappa shape index (κ2) is 7.62. The van der Waals surface area contributed by atoms with Crippen molar-refractivity contribution >= 4 is 19.3 Å². The molecular formula is C18H20F10Si. The van der Waals surface area contributed by atoms with Gasteiger partial charge in [-0.2, -0.15) is 35.1 Å². The van der Waals surface area contributed by atoms with Gasteiger partial charge < -0.3 is 0 Å². The highest BCUT2D eigenvalue weighted by atomic mass is 28.3. The summed E-state index contributed by atoms with van der Waals surface area (Å²) in [6.45, 7) is 5.38. The molecular weight excluding hydrogens is 434 g/mol. The van der Waals surface area contributed by atoms with E-state index in [1.165, 1.54) is 18.2 Å². The van der Waals surface area contributed by atoms with E-state index >= 15 is 0 Å². The fourth-order valence-electron chi connectivity index (χ4n) is 2.90. The van der Waals surface area contributed by atoms with Gasteiger partial charge in [0.15, 0.2) is 8.07 Å². The molecule has 0 fully saturated rings. The molecule has 1 aromatic carbocycles. The first-order valence-electron chi connectivity index (χ1n) is 8.47. The first-order valence-corrected chi connectivity index (χ1v) is 11.5. The van der Waals surface area contributed by atoms with Crippen LogP contribution in [-0.2, 0) is 0 Å². The third-order valence-electron chi connectivity index (χ3n) is 4.85. The minimum absolute atomic E-state index is 0.0777. The molecule has 1 aromatic rings. The molecule has 0 aliphatic carbocycles. The Hall–Kier alpha value is -1.52. The number of benzene rings is 1. The van der Waals surface area contributed by atoms with Crippen LogP contribution in [0.5, 0.6) is 0 Å². The van der Waals surface area contributed by atoms with Crippen molar-refractivity contribution in [1.82, 2.24) is 0 Å². The molecule has 0 N–H and O–H groups in total. The molecule has 0 nitrogen and oxygen atoms in total. The van der Waals surface area contributed by atoms with E-state index in [2.05, 4.69) is 6.58 Å². The van der Waals surface area contributed by atoms with Gasteiger partial charge in [-0.05, 0) is 10.8 Å². The van der Waals surface area contributed by atoms with Crippen LogP contribution < -0.4 is 5.19 Å². The smallest absolute Gasteiger partial charge is 0.204 e. The lowest BCUT2D eigenvalue weighted by Crippen LogP contribution is -2.75. The summed E-state index contributed by atoms with van der Waals surface area (Å²) in [5.74, 6) is -26.1. The highest BCUT2D eigenvalue weighted by Gasteiger charge is 2.87. The van der Waals surface area contributed by atoms with Crippen LogP contribution in [-0.4, -0.2) is 37.3 Å². The maximum absolute atomic E-state index is 14.8. The fourth-order valence-corrected chi connectivity index (χ4v) is 5.60. The lowest BCUT2D eigenvalue weighted by atomic mass is 9.96. The van der Waals surface area contributed by atoms with Crippen LogP contribution in [0, 0.1) is 0 Å². The Bertz CT molecular complexity index is 740. The summed E-state index contributed by atoms with van der Waals surface area (Å²) in [6, 6.07) is 4.69. The normalized spacial score (nSPS) is 14.8. The number of halogens is 10. The first-order chi connectivity index (χ1) is 12.9. The molecule has 0 amide bonds. The van der Waals surface area contributed by atoms with Crippen LogP contribution in [0.1, 0.15) is 25.3 Å². The zero-order valence-electron chi connectivity index (χ0n) is 15.8. The molecule has 0 saturated heterocycles. The van der Waals surface area contributed by atoms with Crippen molar-refractivity contribution in [1.29, 1.82) is 0 Å². The molecule has 0 heterocycles. The maximum atomic E-state index is 14.8. The van der Waals surface area contributed by atoms with E-state index in [9.17, 15) is 43.9 Å². The molecule has 11 heteroatoms. The van der Waals surface area contributed by atoms with E-state index in [1.54, 1.807) is 0 Å². The summed E-state index contributed by atoms with van der Waals surface area (Å²) in [7, 11) is -4.99. The third-order valence-corrected chi connectivity index (χ3v) is 8.53. The Labute approximate surface area is 162 Å². The number of rotatable bonds is 9. The van der Waals surface area contributed by atoms with Gasteiger partial charge in [0.1, 0.15) is 0 Å². The Kier molecular flexibility index (Phi) is 6.71. The Morgan fingerprint density at radius 3 is 1.76 bits per heavy atom. The van der Waals surface area contributed by atoms with E-state index in [1.807, 2.05) is 0 Å². The van der Waals surface area contributed by atoms with E-state index < -0.39 is 55.3 Å². The highest BCUT2D eigenvalue weighted by Crippen LogP contribution is 2.59. The molecule has 166 valence electrons. The third kappa shape index (κ3) is 3.59. The lowest BCUT2D eigenvalue weighted by molar-refractivity contribution is -0.391. The maximum Gasteiger partial charge on any atom is 0.384 e. The molecule has 1 rings (SSSR count). The zero-order chi connectivity index (χ0) is 23.1. The average molecular weight is 454 g/mol. The summed E-state index contributed by atoms with van der Waals surface area (Å²) in [5, 5.41) is -0.459. The predicted octanol–water partition coefficient (Wildman–Crippen LogP) is 6.76. The molecule has 0 bridgehead atoms. The highest BCUT2D eigenvalue weighted by molar-refractivity contribution is 6.92. The second-order valence-corrected chi connectivity index (χ2v) is 11.6. The molecule has 0 atom stereocenters. The molecule has 0 aliphatic rings. The summed E-state index contributed by atoms with van der Waals surface area (Å²) in [4.78, 5) is 0. The minimum Gasteiger partial charge on any atom is -0.204 e. The van der Waals surface area contributed by atoms with Crippen LogP contribution in [0.2, 0.25) is 13.1 Å². The summed E-state index contributed by atoms with van der Waals surface area (Å²) in [5.41, 5.74) is -5.79. The standard InChI is InChI=1S/C18H20F10Si/c1-5-11-14(19,20)15(21,22)16(23,24)17(25,26)18(27,28)29(3,4)13-10-8-7-9-12(13)6-2/h6-10H,2,5,11H2,1,3-4H3. The summed E-state index contributed by atoms with van der Waals surface area (Å²) >= 11 is 0. The van der Waals surface area contributed by atoms with Crippen molar-refractivity contribution < 1.29 is 43.9 Å². The van der Waals surface area contributed by atoms with Crippen LogP contribution >= 0.6 is 0 Å². The van der Waals surface area contributed by atoms with E-state index in [4.69, 9.17) is 0 Å². The topological polar surface area (TPSA) is 0 Å². The minimum atomic E-state index is -7.02. The number of alkyl halides is 10. The van der Waals surface area contributed by atoms with Crippen molar-refractivity contribution in [2.45, 2.75) is 62.1 Å². The van der Waals surface area contributed by atoms with Gasteiger partial charge in [0, 0.05) is 6.42 Å². The molecule has 0 spiro atoms. The molecule has 0 aliphatic heterocycles. The van der Waals surface area contributed by atoms with Crippen molar-refractivity contribution in [3.8, 4) is 0 Å². The fraction of sp³-hybridized carbons (Fsp3) is 0.556. The van der Waals surface area contributed by atoms with Crippen molar-refractivity contribution in [2.24, 2.45) is 0 Å². The van der Waals surface area contributed by atoms with Crippen LogP contribution in [0.25, 0.3) is 6.08 Å². The van der Waals surface area contributed by atoms with Crippen LogP contribution in [0.15, 0.2) is 30.8 Å². The Balaban J connectivity index is 3.64. The van der Waals surface area contributed by atoms with Gasteiger partial charge in [-0.3, -0.25) is 0 Å². The van der Waals surface area contributed by atoms with Gasteiger partial charge in [0.05, 0.1) is 0 Å². The van der Waals surface area contributed by atoms with Crippen molar-refractivity contribution in [3.05, 3.63) is 36.4 Å². The number of hydrogen-bond acceptors (Lipinski definition) is 0. The van der Waals surface area contributed by atoms with E-state index in [0.717, 1.165) is 19.1 Å². The monoisotopic (exact) mass is 454 g/mol.